The van der Waals surface area contributed by atoms with Gasteiger partial charge >= 0.3 is 0 Å². The molecule has 2 aromatic rings. The van der Waals surface area contributed by atoms with Crippen molar-refractivity contribution in [2.24, 2.45) is 0 Å². The third-order valence-electron chi connectivity index (χ3n) is 3.96. The third kappa shape index (κ3) is 5.12. The van der Waals surface area contributed by atoms with E-state index in [9.17, 15) is 5.11 Å². The average Bonchev–Trinajstić information content (AvgIpc) is 2.53. The Labute approximate surface area is 155 Å². The minimum absolute atomic E-state index is 0.240. The Morgan fingerprint density at radius 2 is 1.76 bits per heavy atom. The van der Waals surface area contributed by atoms with E-state index < -0.39 is 8.80 Å². The predicted molar refractivity (Wildman–Crippen MR) is 110 cm³/mol. The van der Waals surface area contributed by atoms with Gasteiger partial charge in [-0.25, -0.2) is 0 Å². The number of pyridine rings is 2. The standard InChI is InChI=1S/C20H27N2OSi2/c1-13(2)12-24-17-7-8-18(21-11-17)20-19(9-16(23)10-22-20)25(14(3)4)15(5)6/h7-12,14-15,23H,1-6H3. The maximum absolute atomic E-state index is 9.99. The molecule has 0 aromatic carbocycles. The van der Waals surface area contributed by atoms with Gasteiger partial charge in [0.1, 0.15) is 15.3 Å². The summed E-state index contributed by atoms with van der Waals surface area (Å²) in [5.74, 6) is 0.240. The lowest BCUT2D eigenvalue weighted by Crippen LogP contribution is -2.37. The first kappa shape index (κ1) is 19.6. The van der Waals surface area contributed by atoms with Crippen molar-refractivity contribution in [1.29, 1.82) is 0 Å². The van der Waals surface area contributed by atoms with E-state index in [-0.39, 0.29) is 5.75 Å². The summed E-state index contributed by atoms with van der Waals surface area (Å²) < 4.78 is 0. The van der Waals surface area contributed by atoms with Gasteiger partial charge in [0, 0.05) is 6.20 Å². The van der Waals surface area contributed by atoms with Crippen LogP contribution in [-0.4, -0.2) is 33.4 Å². The van der Waals surface area contributed by atoms with Crippen LogP contribution >= 0.6 is 0 Å². The molecule has 0 atom stereocenters. The first-order chi connectivity index (χ1) is 11.8. The van der Waals surface area contributed by atoms with Gasteiger partial charge in [-0.1, -0.05) is 45.0 Å². The Morgan fingerprint density at radius 3 is 2.28 bits per heavy atom. The van der Waals surface area contributed by atoms with Gasteiger partial charge in [-0.05, 0) is 47.4 Å². The number of aromatic hydroxyl groups is 1. The third-order valence-corrected chi connectivity index (χ3v) is 8.80. The van der Waals surface area contributed by atoms with Crippen LogP contribution < -0.4 is 10.4 Å². The van der Waals surface area contributed by atoms with Crippen LogP contribution in [0, 0.1) is 0 Å². The van der Waals surface area contributed by atoms with Crippen LogP contribution in [0.5, 0.6) is 5.75 Å². The molecule has 2 rings (SSSR count). The van der Waals surface area contributed by atoms with Gasteiger partial charge in [-0.15, -0.1) is 0 Å². The average molecular weight is 368 g/mol. The van der Waals surface area contributed by atoms with E-state index in [1.165, 1.54) is 22.1 Å². The summed E-state index contributed by atoms with van der Waals surface area (Å²) in [6, 6.07) is 6.09. The van der Waals surface area contributed by atoms with Crippen LogP contribution in [0.3, 0.4) is 0 Å². The highest BCUT2D eigenvalue weighted by atomic mass is 28.3. The van der Waals surface area contributed by atoms with Crippen molar-refractivity contribution in [3.8, 4) is 17.1 Å². The van der Waals surface area contributed by atoms with Crippen molar-refractivity contribution in [2.45, 2.75) is 52.6 Å². The molecule has 131 valence electrons. The molecular weight excluding hydrogens is 340 g/mol. The Morgan fingerprint density at radius 1 is 1.08 bits per heavy atom. The molecule has 25 heavy (non-hydrogen) atoms. The second-order valence-corrected chi connectivity index (χ2v) is 12.1. The van der Waals surface area contributed by atoms with Crippen molar-refractivity contribution >= 4 is 28.7 Å². The molecule has 0 spiro atoms. The van der Waals surface area contributed by atoms with E-state index >= 15 is 0 Å². The van der Waals surface area contributed by atoms with Gasteiger partial charge in [0.05, 0.1) is 26.4 Å². The van der Waals surface area contributed by atoms with E-state index in [0.29, 0.717) is 20.6 Å². The molecule has 3 nitrogen and oxygen atoms in total. The fourth-order valence-corrected chi connectivity index (χ4v) is 7.15. The molecule has 0 aliphatic carbocycles. The quantitative estimate of drug-likeness (QED) is 0.793. The SMILES string of the molecule is CC(C)=C[Si]c1ccc(-c2ncc(O)cc2[Si](C(C)C)C(C)C)nc1. The molecular formula is C20H27N2OSi2. The maximum atomic E-state index is 9.99. The summed E-state index contributed by atoms with van der Waals surface area (Å²) in [4.78, 5) is 9.21. The van der Waals surface area contributed by atoms with Gasteiger partial charge < -0.3 is 5.11 Å². The summed E-state index contributed by atoms with van der Waals surface area (Å²) >= 11 is 0. The van der Waals surface area contributed by atoms with E-state index in [4.69, 9.17) is 0 Å². The molecule has 2 aromatic heterocycles. The zero-order valence-electron chi connectivity index (χ0n) is 16.0. The van der Waals surface area contributed by atoms with E-state index in [0.717, 1.165) is 11.4 Å². The molecule has 1 N–H and O–H groups in total. The lowest BCUT2D eigenvalue weighted by Gasteiger charge is -2.25. The number of allylic oxidation sites excluding steroid dienone is 1. The van der Waals surface area contributed by atoms with Crippen LogP contribution in [0.1, 0.15) is 41.5 Å². The van der Waals surface area contributed by atoms with Crippen LogP contribution in [0.2, 0.25) is 11.1 Å². The molecule has 0 amide bonds. The monoisotopic (exact) mass is 367 g/mol. The first-order valence-electron chi connectivity index (χ1n) is 8.72. The molecule has 0 saturated carbocycles. The van der Waals surface area contributed by atoms with E-state index in [2.05, 4.69) is 69.3 Å². The molecule has 0 fully saturated rings. The van der Waals surface area contributed by atoms with Gasteiger partial charge in [-0.2, -0.15) is 0 Å². The summed E-state index contributed by atoms with van der Waals surface area (Å²) in [6.45, 7) is 13.3. The lowest BCUT2D eigenvalue weighted by molar-refractivity contribution is 0.473. The second-order valence-electron chi connectivity index (χ2n) is 7.15. The Balaban J connectivity index is 2.43. The van der Waals surface area contributed by atoms with Crippen LogP contribution in [0.15, 0.2) is 41.9 Å². The van der Waals surface area contributed by atoms with Crippen molar-refractivity contribution in [3.63, 3.8) is 0 Å². The maximum Gasteiger partial charge on any atom is 0.133 e. The molecule has 0 aliphatic rings. The van der Waals surface area contributed by atoms with Crippen LogP contribution in [0.25, 0.3) is 11.4 Å². The zero-order chi connectivity index (χ0) is 18.6. The van der Waals surface area contributed by atoms with Crippen molar-refractivity contribution in [1.82, 2.24) is 9.97 Å². The van der Waals surface area contributed by atoms with Gasteiger partial charge in [0.2, 0.25) is 0 Å². The largest absolute Gasteiger partial charge is 0.506 e. The molecule has 5 heteroatoms. The van der Waals surface area contributed by atoms with Gasteiger partial charge in [0.15, 0.2) is 0 Å². The van der Waals surface area contributed by atoms with Crippen molar-refractivity contribution in [2.75, 3.05) is 0 Å². The number of hydrogen-bond acceptors (Lipinski definition) is 3. The summed E-state index contributed by atoms with van der Waals surface area (Å²) in [6.07, 6.45) is 3.47. The highest BCUT2D eigenvalue weighted by Crippen LogP contribution is 2.25. The first-order valence-corrected chi connectivity index (χ1v) is 11.4. The number of rotatable bonds is 6. The number of nitrogens with zero attached hydrogens (tertiary/aromatic N) is 2. The van der Waals surface area contributed by atoms with E-state index in [1.54, 1.807) is 0 Å². The molecule has 2 heterocycles. The number of hydrogen-bond donors (Lipinski definition) is 1. The zero-order valence-corrected chi connectivity index (χ0v) is 18.0. The fourth-order valence-electron chi connectivity index (χ4n) is 3.01. The van der Waals surface area contributed by atoms with Crippen molar-refractivity contribution < 1.29 is 5.11 Å². The van der Waals surface area contributed by atoms with Gasteiger partial charge in [0.25, 0.3) is 0 Å². The minimum Gasteiger partial charge on any atom is -0.506 e. The molecule has 3 radical (unpaired) electrons. The Bertz CT molecular complexity index is 728. The normalized spacial score (nSPS) is 11.4. The fraction of sp³-hybridized carbons (Fsp3) is 0.400. The molecule has 0 saturated heterocycles. The number of aromatic nitrogens is 2. The minimum atomic E-state index is -0.856. The van der Waals surface area contributed by atoms with Crippen LogP contribution in [0.4, 0.5) is 0 Å². The topological polar surface area (TPSA) is 46.0 Å². The van der Waals surface area contributed by atoms with Crippen molar-refractivity contribution in [3.05, 3.63) is 41.9 Å². The Hall–Kier alpha value is -1.73. The molecule has 0 aliphatic heterocycles. The van der Waals surface area contributed by atoms with E-state index in [1.807, 2.05) is 12.3 Å². The summed E-state index contributed by atoms with van der Waals surface area (Å²) in [7, 11) is -0.214. The van der Waals surface area contributed by atoms with Gasteiger partial charge in [-0.3, -0.25) is 9.97 Å². The summed E-state index contributed by atoms with van der Waals surface area (Å²) in [5, 5.41) is 12.4. The smallest absolute Gasteiger partial charge is 0.133 e. The second kappa shape index (κ2) is 8.58. The van der Waals surface area contributed by atoms with Crippen LogP contribution in [-0.2, 0) is 0 Å². The highest BCUT2D eigenvalue weighted by molar-refractivity contribution is 6.76. The highest BCUT2D eigenvalue weighted by Gasteiger charge is 2.26. The molecule has 0 bridgehead atoms. The lowest BCUT2D eigenvalue weighted by atomic mass is 10.2. The Kier molecular flexibility index (Phi) is 6.73. The predicted octanol–water partition coefficient (Wildman–Crippen LogP) is 3.62. The summed E-state index contributed by atoms with van der Waals surface area (Å²) in [5.41, 5.74) is 6.50. The molecule has 0 unspecified atom stereocenters.